The van der Waals surface area contributed by atoms with Crippen LogP contribution in [0.15, 0.2) is 47.5 Å². The smallest absolute Gasteiger partial charge is 0.188 e. The topological polar surface area (TPSA) is 73.2 Å². The van der Waals surface area contributed by atoms with Gasteiger partial charge >= 0.3 is 0 Å². The fraction of sp³-hybridized carbons (Fsp3) is 0.167. The van der Waals surface area contributed by atoms with Crippen LogP contribution in [0.2, 0.25) is 0 Å². The number of thiazole rings is 1. The van der Waals surface area contributed by atoms with E-state index in [2.05, 4.69) is 16.0 Å². The second-order valence-electron chi connectivity index (χ2n) is 6.05. The Kier molecular flexibility index (Phi) is 3.89. The van der Waals surface area contributed by atoms with E-state index in [1.807, 2.05) is 25.4 Å². The third-order valence-electron chi connectivity index (χ3n) is 4.26. The molecule has 0 bridgehead atoms. The molecule has 6 nitrogen and oxygen atoms in total. The number of nitrogens with one attached hydrogen (secondary N) is 1. The number of benzene rings is 2. The molecule has 0 radical (unpaired) electrons. The molecule has 2 heterocycles. The van der Waals surface area contributed by atoms with Gasteiger partial charge in [-0.25, -0.2) is 13.4 Å². The Morgan fingerprint density at radius 2 is 2.00 bits per heavy atom. The Bertz CT molecular complexity index is 1240. The average Bonchev–Trinajstić information content (AvgIpc) is 3.17. The standard InChI is InChI=1S/C18H17N3O3S2/c1-21-9-8-12-14(21)5-7-16-17(12)20-18(25-16)19-13-10-11(26(3,22)23)4-6-15(13)24-2/h4-10H,1-3H3,(H,19,20). The molecular weight excluding hydrogens is 370 g/mol. The maximum Gasteiger partial charge on any atom is 0.188 e. The van der Waals surface area contributed by atoms with Crippen molar-refractivity contribution in [3.05, 3.63) is 42.6 Å². The summed E-state index contributed by atoms with van der Waals surface area (Å²) in [6.45, 7) is 0. The van der Waals surface area contributed by atoms with E-state index in [0.29, 0.717) is 16.6 Å². The van der Waals surface area contributed by atoms with Crippen LogP contribution >= 0.6 is 11.3 Å². The number of hydrogen-bond donors (Lipinski definition) is 1. The summed E-state index contributed by atoms with van der Waals surface area (Å²) < 4.78 is 32.1. The molecule has 4 rings (SSSR count). The Balaban J connectivity index is 1.81. The van der Waals surface area contributed by atoms with Crippen molar-refractivity contribution in [3.63, 3.8) is 0 Å². The lowest BCUT2D eigenvalue weighted by Crippen LogP contribution is -2.00. The molecule has 26 heavy (non-hydrogen) atoms. The molecule has 0 amide bonds. The van der Waals surface area contributed by atoms with E-state index in [1.165, 1.54) is 23.7 Å². The monoisotopic (exact) mass is 387 g/mol. The third kappa shape index (κ3) is 2.81. The first kappa shape index (κ1) is 16.9. The van der Waals surface area contributed by atoms with Crippen LogP contribution in [0, 0.1) is 0 Å². The largest absolute Gasteiger partial charge is 0.495 e. The van der Waals surface area contributed by atoms with Gasteiger partial charge in [-0.2, -0.15) is 0 Å². The van der Waals surface area contributed by atoms with Gasteiger partial charge in [0.2, 0.25) is 0 Å². The quantitative estimate of drug-likeness (QED) is 0.574. The predicted molar refractivity (Wildman–Crippen MR) is 105 cm³/mol. The molecule has 0 aliphatic rings. The molecule has 4 aromatic rings. The van der Waals surface area contributed by atoms with E-state index in [1.54, 1.807) is 19.2 Å². The lowest BCUT2D eigenvalue weighted by molar-refractivity contribution is 0.416. The summed E-state index contributed by atoms with van der Waals surface area (Å²) in [5, 5.41) is 4.98. The van der Waals surface area contributed by atoms with Gasteiger partial charge in [-0.3, -0.25) is 0 Å². The van der Waals surface area contributed by atoms with Gasteiger partial charge < -0.3 is 14.6 Å². The summed E-state index contributed by atoms with van der Waals surface area (Å²) >= 11 is 1.51. The Morgan fingerprint density at radius 3 is 2.73 bits per heavy atom. The van der Waals surface area contributed by atoms with E-state index < -0.39 is 9.84 Å². The molecule has 0 unspecified atom stereocenters. The predicted octanol–water partition coefficient (Wildman–Crippen LogP) is 3.94. The van der Waals surface area contributed by atoms with Crippen LogP contribution in [-0.4, -0.2) is 31.3 Å². The van der Waals surface area contributed by atoms with Gasteiger partial charge in [-0.15, -0.1) is 0 Å². The van der Waals surface area contributed by atoms with Crippen molar-refractivity contribution in [1.82, 2.24) is 9.55 Å². The molecule has 0 aliphatic carbocycles. The summed E-state index contributed by atoms with van der Waals surface area (Å²) in [7, 11) is 0.241. The van der Waals surface area contributed by atoms with Crippen molar-refractivity contribution in [3.8, 4) is 5.75 Å². The van der Waals surface area contributed by atoms with Gasteiger partial charge in [0.05, 0.1) is 33.4 Å². The van der Waals surface area contributed by atoms with Crippen molar-refractivity contribution in [1.29, 1.82) is 0 Å². The van der Waals surface area contributed by atoms with Gasteiger partial charge in [0, 0.05) is 24.9 Å². The highest BCUT2D eigenvalue weighted by Gasteiger charge is 2.14. The Hall–Kier alpha value is -2.58. The molecule has 134 valence electrons. The average molecular weight is 387 g/mol. The zero-order valence-corrected chi connectivity index (χ0v) is 16.1. The number of aryl methyl sites for hydroxylation is 1. The Morgan fingerprint density at radius 1 is 1.19 bits per heavy atom. The molecule has 0 atom stereocenters. The van der Waals surface area contributed by atoms with E-state index in [0.717, 1.165) is 21.1 Å². The number of hydrogen-bond acceptors (Lipinski definition) is 6. The number of sulfone groups is 1. The highest BCUT2D eigenvalue weighted by Crippen LogP contribution is 2.36. The van der Waals surface area contributed by atoms with Crippen LogP contribution in [0.1, 0.15) is 0 Å². The molecule has 0 aliphatic heterocycles. The molecule has 2 aromatic heterocycles. The van der Waals surface area contributed by atoms with Crippen LogP contribution in [-0.2, 0) is 16.9 Å². The number of nitrogens with zero attached hydrogens (tertiary/aromatic N) is 2. The first-order chi connectivity index (χ1) is 12.4. The van der Waals surface area contributed by atoms with Gasteiger partial charge in [0.25, 0.3) is 0 Å². The van der Waals surface area contributed by atoms with Crippen molar-refractivity contribution in [2.75, 3.05) is 18.7 Å². The Labute approximate surface area is 155 Å². The van der Waals surface area contributed by atoms with Crippen LogP contribution in [0.5, 0.6) is 5.75 Å². The number of ether oxygens (including phenoxy) is 1. The second-order valence-corrected chi connectivity index (χ2v) is 9.10. The summed E-state index contributed by atoms with van der Waals surface area (Å²) in [6.07, 6.45) is 3.19. The van der Waals surface area contributed by atoms with Gasteiger partial charge in [0.15, 0.2) is 15.0 Å². The molecule has 0 saturated carbocycles. The van der Waals surface area contributed by atoms with Gasteiger partial charge in [-0.05, 0) is 36.4 Å². The summed E-state index contributed by atoms with van der Waals surface area (Å²) in [6, 6.07) is 10.9. The van der Waals surface area contributed by atoms with E-state index in [-0.39, 0.29) is 4.90 Å². The normalized spacial score (nSPS) is 12.0. The summed E-state index contributed by atoms with van der Waals surface area (Å²) in [4.78, 5) is 4.93. The second kappa shape index (κ2) is 6.00. The van der Waals surface area contributed by atoms with E-state index in [4.69, 9.17) is 9.72 Å². The van der Waals surface area contributed by atoms with Crippen molar-refractivity contribution in [2.24, 2.45) is 7.05 Å². The molecule has 0 saturated heterocycles. The van der Waals surface area contributed by atoms with Crippen molar-refractivity contribution < 1.29 is 13.2 Å². The maximum absolute atomic E-state index is 11.8. The third-order valence-corrected chi connectivity index (χ3v) is 6.31. The van der Waals surface area contributed by atoms with Gasteiger partial charge in [-0.1, -0.05) is 11.3 Å². The molecule has 0 fully saturated rings. The summed E-state index contributed by atoms with van der Waals surface area (Å²) in [5.41, 5.74) is 2.61. The first-order valence-corrected chi connectivity index (χ1v) is 10.6. The number of aromatic nitrogens is 2. The van der Waals surface area contributed by atoms with Crippen molar-refractivity contribution >= 4 is 53.1 Å². The van der Waals surface area contributed by atoms with Crippen LogP contribution < -0.4 is 10.1 Å². The minimum Gasteiger partial charge on any atom is -0.495 e. The highest BCUT2D eigenvalue weighted by atomic mass is 32.2. The SMILES string of the molecule is COc1ccc(S(C)(=O)=O)cc1Nc1nc2c(ccc3c2ccn3C)s1. The van der Waals surface area contributed by atoms with Crippen molar-refractivity contribution in [2.45, 2.75) is 4.90 Å². The highest BCUT2D eigenvalue weighted by molar-refractivity contribution is 7.90. The number of methoxy groups -OCH3 is 1. The van der Waals surface area contributed by atoms with Crippen LogP contribution in [0.3, 0.4) is 0 Å². The zero-order valence-electron chi connectivity index (χ0n) is 14.5. The fourth-order valence-corrected chi connectivity index (χ4v) is 4.47. The zero-order chi connectivity index (χ0) is 18.5. The van der Waals surface area contributed by atoms with Crippen LogP contribution in [0.4, 0.5) is 10.8 Å². The molecule has 1 N–H and O–H groups in total. The van der Waals surface area contributed by atoms with Gasteiger partial charge in [0.1, 0.15) is 5.75 Å². The maximum atomic E-state index is 11.8. The fourth-order valence-electron chi connectivity index (χ4n) is 2.93. The molecular formula is C18H17N3O3S2. The molecule has 8 heteroatoms. The lowest BCUT2D eigenvalue weighted by Gasteiger charge is -2.10. The van der Waals surface area contributed by atoms with E-state index in [9.17, 15) is 8.42 Å². The molecule has 2 aromatic carbocycles. The number of rotatable bonds is 4. The minimum absolute atomic E-state index is 0.229. The minimum atomic E-state index is -3.31. The number of fused-ring (bicyclic) bond motifs is 3. The van der Waals surface area contributed by atoms with Crippen LogP contribution in [0.25, 0.3) is 21.1 Å². The van der Waals surface area contributed by atoms with E-state index >= 15 is 0 Å². The first-order valence-electron chi connectivity index (χ1n) is 7.86. The summed E-state index contributed by atoms with van der Waals surface area (Å²) in [5.74, 6) is 0.557. The lowest BCUT2D eigenvalue weighted by atomic mass is 10.2. The number of anilines is 2. The molecule has 0 spiro atoms.